The molecule has 4 heteroatoms. The normalized spacial score (nSPS) is 11.1. The van der Waals surface area contributed by atoms with Crippen molar-refractivity contribution in [3.63, 3.8) is 0 Å². The minimum atomic E-state index is -0.841. The SMILES string of the molecule is CCCCOCCCNC(=O)C(C#N)(CCC)CCC. The standard InChI is InChI=1S/C16H30N2O2/c1-4-7-12-20-13-8-11-18-15(19)16(14-17,9-5-2)10-6-3/h4-13H2,1-3H3,(H,18,19). The molecule has 0 atom stereocenters. The van der Waals surface area contributed by atoms with Gasteiger partial charge in [0, 0.05) is 19.8 Å². The molecule has 1 amide bonds. The van der Waals surface area contributed by atoms with Gasteiger partial charge in [-0.1, -0.05) is 40.0 Å². The minimum Gasteiger partial charge on any atom is -0.381 e. The van der Waals surface area contributed by atoms with Gasteiger partial charge in [0.25, 0.3) is 0 Å². The third-order valence-corrected chi connectivity index (χ3v) is 3.40. The molecule has 0 aliphatic rings. The molecule has 4 nitrogen and oxygen atoms in total. The van der Waals surface area contributed by atoms with Crippen LogP contribution in [0.25, 0.3) is 0 Å². The molecule has 0 aromatic heterocycles. The Bertz CT molecular complexity index is 291. The zero-order chi connectivity index (χ0) is 15.3. The smallest absolute Gasteiger partial charge is 0.240 e. The van der Waals surface area contributed by atoms with Crippen LogP contribution in [0, 0.1) is 16.7 Å². The molecular formula is C16H30N2O2. The highest BCUT2D eigenvalue weighted by Crippen LogP contribution is 2.29. The molecule has 0 rings (SSSR count). The highest BCUT2D eigenvalue weighted by atomic mass is 16.5. The lowest BCUT2D eigenvalue weighted by atomic mass is 9.80. The van der Waals surface area contributed by atoms with Gasteiger partial charge in [0.15, 0.2) is 0 Å². The number of rotatable bonds is 12. The number of amides is 1. The summed E-state index contributed by atoms with van der Waals surface area (Å²) in [5.41, 5.74) is -0.841. The zero-order valence-corrected chi connectivity index (χ0v) is 13.3. The molecule has 20 heavy (non-hydrogen) atoms. The number of nitrogens with zero attached hydrogens (tertiary/aromatic N) is 1. The fourth-order valence-corrected chi connectivity index (χ4v) is 2.26. The molecule has 0 radical (unpaired) electrons. The molecule has 0 saturated carbocycles. The quantitative estimate of drug-likeness (QED) is 0.558. The molecule has 0 unspecified atom stereocenters. The number of hydrogen-bond donors (Lipinski definition) is 1. The Morgan fingerprint density at radius 1 is 1.10 bits per heavy atom. The molecule has 0 bridgehead atoms. The van der Waals surface area contributed by atoms with E-state index in [1.54, 1.807) is 0 Å². The van der Waals surface area contributed by atoms with Gasteiger partial charge in [-0.05, 0) is 25.7 Å². The topological polar surface area (TPSA) is 62.1 Å². The van der Waals surface area contributed by atoms with Crippen LogP contribution in [-0.4, -0.2) is 25.7 Å². The summed E-state index contributed by atoms with van der Waals surface area (Å²) >= 11 is 0. The average molecular weight is 282 g/mol. The molecule has 116 valence electrons. The summed E-state index contributed by atoms with van der Waals surface area (Å²) in [6.45, 7) is 8.20. The average Bonchev–Trinajstić information content (AvgIpc) is 2.45. The first-order chi connectivity index (χ1) is 9.66. The van der Waals surface area contributed by atoms with Crippen LogP contribution in [0.15, 0.2) is 0 Å². The second kappa shape index (κ2) is 11.7. The fraction of sp³-hybridized carbons (Fsp3) is 0.875. The van der Waals surface area contributed by atoms with Crippen molar-refractivity contribution < 1.29 is 9.53 Å². The number of nitrogens with one attached hydrogen (secondary N) is 1. The van der Waals surface area contributed by atoms with Crippen molar-refractivity contribution in [2.45, 2.75) is 65.7 Å². The van der Waals surface area contributed by atoms with E-state index in [0.717, 1.165) is 38.7 Å². The van der Waals surface area contributed by atoms with Crippen LogP contribution >= 0.6 is 0 Å². The van der Waals surface area contributed by atoms with Crippen LogP contribution in [0.2, 0.25) is 0 Å². The summed E-state index contributed by atoms with van der Waals surface area (Å²) in [4.78, 5) is 12.2. The van der Waals surface area contributed by atoms with Crippen LogP contribution < -0.4 is 5.32 Å². The predicted molar refractivity (Wildman–Crippen MR) is 81.2 cm³/mol. The fourth-order valence-electron chi connectivity index (χ4n) is 2.26. The van der Waals surface area contributed by atoms with Crippen LogP contribution in [0.5, 0.6) is 0 Å². The Hall–Kier alpha value is -1.08. The van der Waals surface area contributed by atoms with Crippen LogP contribution in [-0.2, 0) is 9.53 Å². The lowest BCUT2D eigenvalue weighted by Crippen LogP contribution is -2.40. The van der Waals surface area contributed by atoms with Crippen molar-refractivity contribution >= 4 is 5.91 Å². The van der Waals surface area contributed by atoms with Crippen molar-refractivity contribution in [3.8, 4) is 6.07 Å². The Labute approximate surface area is 123 Å². The van der Waals surface area contributed by atoms with Gasteiger partial charge in [-0.3, -0.25) is 4.79 Å². The lowest BCUT2D eigenvalue weighted by molar-refractivity contribution is -0.129. The van der Waals surface area contributed by atoms with E-state index >= 15 is 0 Å². The van der Waals surface area contributed by atoms with Crippen molar-refractivity contribution in [2.75, 3.05) is 19.8 Å². The van der Waals surface area contributed by atoms with Gasteiger partial charge in [0.1, 0.15) is 5.41 Å². The van der Waals surface area contributed by atoms with E-state index in [-0.39, 0.29) is 5.91 Å². The monoisotopic (exact) mass is 282 g/mol. The largest absolute Gasteiger partial charge is 0.381 e. The van der Waals surface area contributed by atoms with E-state index in [0.29, 0.717) is 26.0 Å². The highest BCUT2D eigenvalue weighted by Gasteiger charge is 2.36. The Morgan fingerprint density at radius 2 is 1.70 bits per heavy atom. The number of ether oxygens (including phenoxy) is 1. The minimum absolute atomic E-state index is 0.114. The number of unbranched alkanes of at least 4 members (excludes halogenated alkanes) is 1. The first-order valence-corrected chi connectivity index (χ1v) is 7.94. The third-order valence-electron chi connectivity index (χ3n) is 3.40. The summed E-state index contributed by atoms with van der Waals surface area (Å²) in [5.74, 6) is -0.114. The first kappa shape index (κ1) is 18.9. The van der Waals surface area contributed by atoms with Gasteiger partial charge >= 0.3 is 0 Å². The lowest BCUT2D eigenvalue weighted by Gasteiger charge is -2.24. The molecule has 0 aromatic carbocycles. The van der Waals surface area contributed by atoms with Crippen LogP contribution in [0.4, 0.5) is 0 Å². The Kier molecular flexibility index (Phi) is 11.1. The van der Waals surface area contributed by atoms with Crippen molar-refractivity contribution in [1.29, 1.82) is 5.26 Å². The van der Waals surface area contributed by atoms with E-state index in [4.69, 9.17) is 4.74 Å². The molecule has 0 fully saturated rings. The Balaban J connectivity index is 4.05. The van der Waals surface area contributed by atoms with E-state index in [9.17, 15) is 10.1 Å². The zero-order valence-electron chi connectivity index (χ0n) is 13.3. The van der Waals surface area contributed by atoms with E-state index in [1.807, 2.05) is 13.8 Å². The van der Waals surface area contributed by atoms with E-state index < -0.39 is 5.41 Å². The summed E-state index contributed by atoms with van der Waals surface area (Å²) in [6, 6.07) is 2.24. The van der Waals surface area contributed by atoms with Gasteiger partial charge in [-0.2, -0.15) is 5.26 Å². The molecular weight excluding hydrogens is 252 g/mol. The van der Waals surface area contributed by atoms with Crippen molar-refractivity contribution in [3.05, 3.63) is 0 Å². The predicted octanol–water partition coefficient (Wildman–Crippen LogP) is 3.42. The second-order valence-electron chi connectivity index (χ2n) is 5.27. The number of carbonyl (C=O) groups excluding carboxylic acids is 1. The van der Waals surface area contributed by atoms with Crippen molar-refractivity contribution in [2.24, 2.45) is 5.41 Å². The summed E-state index contributed by atoms with van der Waals surface area (Å²) in [7, 11) is 0. The van der Waals surface area contributed by atoms with Crippen LogP contribution in [0.1, 0.15) is 65.7 Å². The molecule has 0 aliphatic heterocycles. The highest BCUT2D eigenvalue weighted by molar-refractivity contribution is 5.85. The summed E-state index contributed by atoms with van der Waals surface area (Å²) in [6.07, 6.45) is 5.98. The maximum atomic E-state index is 12.2. The second-order valence-corrected chi connectivity index (χ2v) is 5.27. The van der Waals surface area contributed by atoms with Gasteiger partial charge in [0.05, 0.1) is 6.07 Å². The van der Waals surface area contributed by atoms with Gasteiger partial charge in [-0.15, -0.1) is 0 Å². The number of carbonyl (C=O) groups is 1. The molecule has 0 aliphatic carbocycles. The molecule has 1 N–H and O–H groups in total. The number of nitriles is 1. The molecule has 0 heterocycles. The Morgan fingerprint density at radius 3 is 2.20 bits per heavy atom. The maximum absolute atomic E-state index is 12.2. The van der Waals surface area contributed by atoms with E-state index in [2.05, 4.69) is 18.3 Å². The summed E-state index contributed by atoms with van der Waals surface area (Å²) in [5, 5.41) is 12.3. The van der Waals surface area contributed by atoms with Gasteiger partial charge < -0.3 is 10.1 Å². The molecule has 0 saturated heterocycles. The van der Waals surface area contributed by atoms with Gasteiger partial charge in [0.2, 0.25) is 5.91 Å². The third kappa shape index (κ3) is 6.91. The first-order valence-electron chi connectivity index (χ1n) is 7.94. The molecule has 0 spiro atoms. The molecule has 0 aromatic rings. The van der Waals surface area contributed by atoms with E-state index in [1.165, 1.54) is 0 Å². The van der Waals surface area contributed by atoms with Crippen molar-refractivity contribution in [1.82, 2.24) is 5.32 Å². The maximum Gasteiger partial charge on any atom is 0.240 e. The summed E-state index contributed by atoms with van der Waals surface area (Å²) < 4.78 is 5.45. The van der Waals surface area contributed by atoms with Crippen LogP contribution in [0.3, 0.4) is 0 Å². The number of hydrogen-bond acceptors (Lipinski definition) is 3. The van der Waals surface area contributed by atoms with Gasteiger partial charge in [-0.25, -0.2) is 0 Å².